The Morgan fingerprint density at radius 2 is 2.12 bits per heavy atom. The van der Waals surface area contributed by atoms with Gasteiger partial charge in [0.25, 0.3) is 0 Å². The van der Waals surface area contributed by atoms with Gasteiger partial charge >= 0.3 is 6.18 Å². The van der Waals surface area contributed by atoms with Gasteiger partial charge in [-0.3, -0.25) is 4.90 Å². The Kier molecular flexibility index (Phi) is 5.67. The Bertz CT molecular complexity index is 753. The minimum absolute atomic E-state index is 0.0615. The lowest BCUT2D eigenvalue weighted by molar-refractivity contribution is -0.141. The summed E-state index contributed by atoms with van der Waals surface area (Å²) in [5, 5.41) is 0.700. The fraction of sp³-hybridized carbons (Fsp3) is 0.444. The van der Waals surface area contributed by atoms with Crippen LogP contribution in [0.25, 0.3) is 0 Å². The fourth-order valence-corrected chi connectivity index (χ4v) is 3.44. The zero-order valence-corrected chi connectivity index (χ0v) is 15.1. The van der Waals surface area contributed by atoms with Crippen LogP contribution < -0.4 is 4.90 Å². The van der Waals surface area contributed by atoms with E-state index in [1.807, 2.05) is 24.3 Å². The van der Waals surface area contributed by atoms with E-state index >= 15 is 0 Å². The van der Waals surface area contributed by atoms with Crippen molar-refractivity contribution in [2.24, 2.45) is 0 Å². The van der Waals surface area contributed by atoms with Crippen LogP contribution >= 0.6 is 11.6 Å². The zero-order chi connectivity index (χ0) is 18.7. The molecule has 1 aliphatic rings. The number of piperidine rings is 1. The minimum Gasteiger partial charge on any atom is -0.340 e. The van der Waals surface area contributed by atoms with E-state index in [0.29, 0.717) is 5.02 Å². The third-order valence-corrected chi connectivity index (χ3v) is 4.81. The molecular weight excluding hydrogens is 365 g/mol. The molecule has 3 rings (SSSR count). The van der Waals surface area contributed by atoms with Crippen molar-refractivity contribution < 1.29 is 13.2 Å². The molecule has 1 unspecified atom stereocenters. The van der Waals surface area contributed by atoms with Gasteiger partial charge in [0.15, 0.2) is 0 Å². The molecule has 0 spiro atoms. The van der Waals surface area contributed by atoms with Crippen molar-refractivity contribution in [1.82, 2.24) is 14.9 Å². The second-order valence-electron chi connectivity index (χ2n) is 6.51. The molecule has 2 aromatic rings. The second kappa shape index (κ2) is 7.80. The van der Waals surface area contributed by atoms with Crippen molar-refractivity contribution in [3.63, 3.8) is 0 Å². The summed E-state index contributed by atoms with van der Waals surface area (Å²) < 4.78 is 38.6. The number of anilines is 1. The first kappa shape index (κ1) is 18.9. The van der Waals surface area contributed by atoms with E-state index in [0.717, 1.165) is 50.3 Å². The molecule has 0 radical (unpaired) electrons. The van der Waals surface area contributed by atoms with Gasteiger partial charge in [0.1, 0.15) is 5.69 Å². The maximum absolute atomic E-state index is 12.9. The van der Waals surface area contributed by atoms with Crippen LogP contribution in [0.5, 0.6) is 0 Å². The molecule has 0 saturated carbocycles. The molecular formula is C18H20ClF3N4. The van der Waals surface area contributed by atoms with E-state index in [9.17, 15) is 13.2 Å². The van der Waals surface area contributed by atoms with E-state index < -0.39 is 11.9 Å². The molecule has 26 heavy (non-hydrogen) atoms. The summed E-state index contributed by atoms with van der Waals surface area (Å²) in [4.78, 5) is 11.8. The summed E-state index contributed by atoms with van der Waals surface area (Å²) in [6.07, 6.45) is -1.45. The van der Waals surface area contributed by atoms with Gasteiger partial charge in [-0.2, -0.15) is 13.2 Å². The Labute approximate surface area is 155 Å². The summed E-state index contributed by atoms with van der Waals surface area (Å²) >= 11 is 6.04. The van der Waals surface area contributed by atoms with Crippen molar-refractivity contribution in [1.29, 1.82) is 0 Å². The number of hydrogen-bond acceptors (Lipinski definition) is 4. The Morgan fingerprint density at radius 3 is 2.85 bits per heavy atom. The highest BCUT2D eigenvalue weighted by molar-refractivity contribution is 6.30. The van der Waals surface area contributed by atoms with Crippen LogP contribution in [0.2, 0.25) is 5.02 Å². The van der Waals surface area contributed by atoms with Gasteiger partial charge in [0.2, 0.25) is 5.95 Å². The third kappa shape index (κ3) is 4.65. The topological polar surface area (TPSA) is 32.3 Å². The molecule has 1 atom stereocenters. The average molecular weight is 385 g/mol. The molecule has 0 N–H and O–H groups in total. The van der Waals surface area contributed by atoms with Gasteiger partial charge in [0, 0.05) is 37.4 Å². The molecule has 2 heterocycles. The normalized spacial score (nSPS) is 18.7. The molecule has 1 aromatic heterocycles. The first-order valence-electron chi connectivity index (χ1n) is 8.43. The van der Waals surface area contributed by atoms with E-state index in [1.54, 1.807) is 11.9 Å². The molecule has 0 amide bonds. The zero-order valence-electron chi connectivity index (χ0n) is 14.4. The number of hydrogen-bond donors (Lipinski definition) is 0. The molecule has 1 aliphatic heterocycles. The van der Waals surface area contributed by atoms with E-state index in [2.05, 4.69) is 14.9 Å². The highest BCUT2D eigenvalue weighted by atomic mass is 35.5. The van der Waals surface area contributed by atoms with Gasteiger partial charge in [-0.25, -0.2) is 9.97 Å². The highest BCUT2D eigenvalue weighted by Gasteiger charge is 2.34. The molecule has 1 saturated heterocycles. The SMILES string of the molecule is CN(c1nccc(C(F)(F)F)n1)C1CCCN(Cc2cccc(Cl)c2)C1. The maximum atomic E-state index is 12.9. The number of likely N-dealkylation sites (tertiary alicyclic amines) is 1. The molecule has 0 bridgehead atoms. The fourth-order valence-electron chi connectivity index (χ4n) is 3.22. The second-order valence-corrected chi connectivity index (χ2v) is 6.95. The van der Waals surface area contributed by atoms with Crippen molar-refractivity contribution in [2.75, 3.05) is 25.0 Å². The summed E-state index contributed by atoms with van der Waals surface area (Å²) in [5.74, 6) is 0.106. The van der Waals surface area contributed by atoms with E-state index in [-0.39, 0.29) is 12.0 Å². The number of likely N-dealkylation sites (N-methyl/N-ethyl adjacent to an activating group) is 1. The van der Waals surface area contributed by atoms with E-state index in [4.69, 9.17) is 11.6 Å². The van der Waals surface area contributed by atoms with Crippen molar-refractivity contribution >= 4 is 17.5 Å². The molecule has 4 nitrogen and oxygen atoms in total. The summed E-state index contributed by atoms with van der Waals surface area (Å²) in [6, 6.07) is 8.67. The molecule has 140 valence electrons. The summed E-state index contributed by atoms with van der Waals surface area (Å²) in [5.41, 5.74) is 0.206. The number of alkyl halides is 3. The van der Waals surface area contributed by atoms with Crippen molar-refractivity contribution in [2.45, 2.75) is 31.6 Å². The maximum Gasteiger partial charge on any atom is 0.433 e. The lowest BCUT2D eigenvalue weighted by atomic mass is 10.0. The summed E-state index contributed by atoms with van der Waals surface area (Å²) in [7, 11) is 1.75. The molecule has 1 aromatic carbocycles. The van der Waals surface area contributed by atoms with Crippen LogP contribution in [-0.4, -0.2) is 41.0 Å². The minimum atomic E-state index is -4.47. The number of halogens is 4. The predicted octanol–water partition coefficient (Wildman–Crippen LogP) is 4.25. The Morgan fingerprint density at radius 1 is 1.31 bits per heavy atom. The number of aromatic nitrogens is 2. The number of benzene rings is 1. The quantitative estimate of drug-likeness (QED) is 0.788. The smallest absolute Gasteiger partial charge is 0.340 e. The molecule has 1 fully saturated rings. The van der Waals surface area contributed by atoms with Crippen LogP contribution in [0.1, 0.15) is 24.1 Å². The van der Waals surface area contributed by atoms with Gasteiger partial charge < -0.3 is 4.90 Å². The predicted molar refractivity (Wildman–Crippen MR) is 95.2 cm³/mol. The van der Waals surface area contributed by atoms with Crippen LogP contribution in [0.3, 0.4) is 0 Å². The van der Waals surface area contributed by atoms with Gasteiger partial charge in [-0.15, -0.1) is 0 Å². The van der Waals surface area contributed by atoms with Crippen molar-refractivity contribution in [3.8, 4) is 0 Å². The largest absolute Gasteiger partial charge is 0.433 e. The monoisotopic (exact) mass is 384 g/mol. The molecule has 8 heteroatoms. The van der Waals surface area contributed by atoms with E-state index in [1.165, 1.54) is 0 Å². The Balaban J connectivity index is 1.69. The van der Waals surface area contributed by atoms with Crippen LogP contribution in [0.15, 0.2) is 36.5 Å². The van der Waals surface area contributed by atoms with Crippen LogP contribution in [-0.2, 0) is 12.7 Å². The lowest BCUT2D eigenvalue weighted by Gasteiger charge is -2.37. The van der Waals surface area contributed by atoms with Crippen molar-refractivity contribution in [3.05, 3.63) is 52.8 Å². The number of rotatable bonds is 4. The first-order chi connectivity index (χ1) is 12.3. The van der Waals surface area contributed by atoms with Crippen LogP contribution in [0, 0.1) is 0 Å². The van der Waals surface area contributed by atoms with Gasteiger partial charge in [-0.1, -0.05) is 23.7 Å². The lowest BCUT2D eigenvalue weighted by Crippen LogP contribution is -2.46. The molecule has 0 aliphatic carbocycles. The summed E-state index contributed by atoms with van der Waals surface area (Å²) in [6.45, 7) is 2.44. The van der Waals surface area contributed by atoms with Crippen LogP contribution in [0.4, 0.5) is 19.1 Å². The third-order valence-electron chi connectivity index (χ3n) is 4.57. The standard InChI is InChI=1S/C18H20ClF3N4/c1-25(17-23-8-7-16(24-17)18(20,21)22)15-6-3-9-26(12-15)11-13-4-2-5-14(19)10-13/h2,4-5,7-8,10,15H,3,6,9,11-12H2,1H3. The Hall–Kier alpha value is -1.86. The average Bonchev–Trinajstić information content (AvgIpc) is 2.61. The first-order valence-corrected chi connectivity index (χ1v) is 8.80. The highest BCUT2D eigenvalue weighted by Crippen LogP contribution is 2.29. The number of nitrogens with zero attached hydrogens (tertiary/aromatic N) is 4. The van der Waals surface area contributed by atoms with Gasteiger partial charge in [0.05, 0.1) is 0 Å². The van der Waals surface area contributed by atoms with Gasteiger partial charge in [-0.05, 0) is 43.1 Å².